The van der Waals surface area contributed by atoms with E-state index in [2.05, 4.69) is 0 Å². The predicted molar refractivity (Wildman–Crippen MR) is 53.3 cm³/mol. The molecule has 0 radical (unpaired) electrons. The van der Waals surface area contributed by atoms with Crippen molar-refractivity contribution in [1.82, 2.24) is 0 Å². The van der Waals surface area contributed by atoms with Crippen LogP contribution in [0.3, 0.4) is 0 Å². The monoisotopic (exact) mass is 196 g/mol. The van der Waals surface area contributed by atoms with E-state index in [9.17, 15) is 0 Å². The topological polar surface area (TPSA) is 40.5 Å². The van der Waals surface area contributed by atoms with Crippen LogP contribution in [0.1, 0.15) is 17.5 Å². The van der Waals surface area contributed by atoms with Crippen molar-refractivity contribution in [2.45, 2.75) is 19.3 Å². The number of rotatable bonds is 1. The minimum absolute atomic E-state index is 0.419. The lowest BCUT2D eigenvalue weighted by atomic mass is 9.79. The summed E-state index contributed by atoms with van der Waals surface area (Å²) in [4.78, 5) is 0. The quantitative estimate of drug-likeness (QED) is 0.643. The molecule has 0 saturated heterocycles. The Morgan fingerprint density at radius 2 is 1.77 bits per heavy atom. The van der Waals surface area contributed by atoms with Crippen LogP contribution in [0, 0.1) is 0 Å². The average Bonchev–Trinajstić information content (AvgIpc) is 2.48. The van der Waals surface area contributed by atoms with E-state index in [0.29, 0.717) is 10.5 Å². The lowest BCUT2D eigenvalue weighted by Gasteiger charge is -2.06. The molecule has 0 atom stereocenters. The molecule has 1 aromatic rings. The number of fused-ring (bicyclic) bond motifs is 1. The Morgan fingerprint density at radius 3 is 2.38 bits per heavy atom. The van der Waals surface area contributed by atoms with Crippen molar-refractivity contribution in [3.63, 3.8) is 0 Å². The van der Waals surface area contributed by atoms with Gasteiger partial charge in [-0.05, 0) is 36.5 Å². The van der Waals surface area contributed by atoms with Crippen molar-refractivity contribution in [3.05, 3.63) is 28.3 Å². The fourth-order valence-corrected chi connectivity index (χ4v) is 2.09. The van der Waals surface area contributed by atoms with Crippen LogP contribution in [0.15, 0.2) is 12.1 Å². The van der Waals surface area contributed by atoms with Gasteiger partial charge in [-0.3, -0.25) is 0 Å². The number of aryl methyl sites for hydroxylation is 2. The van der Waals surface area contributed by atoms with E-state index in [4.69, 9.17) is 21.6 Å². The predicted octanol–water partition coefficient (Wildman–Crippen LogP) is 0.509. The zero-order valence-electron chi connectivity index (χ0n) is 7.13. The third kappa shape index (κ3) is 1.59. The molecule has 1 aliphatic rings. The number of hydrogen-bond donors (Lipinski definition) is 2. The van der Waals surface area contributed by atoms with E-state index in [1.54, 1.807) is 6.07 Å². The summed E-state index contributed by atoms with van der Waals surface area (Å²) in [6.07, 6.45) is 3.21. The van der Waals surface area contributed by atoms with Crippen LogP contribution in [0.2, 0.25) is 5.02 Å². The second-order valence-electron chi connectivity index (χ2n) is 3.37. The Morgan fingerprint density at radius 1 is 1.15 bits per heavy atom. The zero-order chi connectivity index (χ0) is 9.42. The SMILES string of the molecule is OB(O)c1cc2c(cc1Cl)CCC2. The highest BCUT2D eigenvalue weighted by molar-refractivity contribution is 6.62. The minimum atomic E-state index is -1.46. The molecule has 2 N–H and O–H groups in total. The smallest absolute Gasteiger partial charge is 0.423 e. The molecule has 4 heteroatoms. The highest BCUT2D eigenvalue weighted by Gasteiger charge is 2.20. The Hall–Kier alpha value is -0.505. The molecule has 68 valence electrons. The van der Waals surface area contributed by atoms with Gasteiger partial charge >= 0.3 is 7.12 Å². The maximum Gasteiger partial charge on any atom is 0.489 e. The molecule has 0 unspecified atom stereocenters. The zero-order valence-corrected chi connectivity index (χ0v) is 7.88. The van der Waals surface area contributed by atoms with Crippen molar-refractivity contribution in [3.8, 4) is 0 Å². The summed E-state index contributed by atoms with van der Waals surface area (Å²) < 4.78 is 0. The average molecular weight is 196 g/mol. The fraction of sp³-hybridized carbons (Fsp3) is 0.333. The van der Waals surface area contributed by atoms with Gasteiger partial charge in [-0.1, -0.05) is 17.7 Å². The van der Waals surface area contributed by atoms with Gasteiger partial charge in [-0.2, -0.15) is 0 Å². The molecule has 13 heavy (non-hydrogen) atoms. The van der Waals surface area contributed by atoms with Crippen LogP contribution in [0.5, 0.6) is 0 Å². The summed E-state index contributed by atoms with van der Waals surface area (Å²) in [5.41, 5.74) is 2.87. The first-order chi connectivity index (χ1) is 6.18. The van der Waals surface area contributed by atoms with Crippen molar-refractivity contribution in [2.24, 2.45) is 0 Å². The summed E-state index contributed by atoms with van der Waals surface area (Å²) in [6.45, 7) is 0. The summed E-state index contributed by atoms with van der Waals surface area (Å²) in [5, 5.41) is 18.5. The van der Waals surface area contributed by atoms with Gasteiger partial charge in [0.25, 0.3) is 0 Å². The van der Waals surface area contributed by atoms with Crippen molar-refractivity contribution < 1.29 is 10.0 Å². The van der Waals surface area contributed by atoms with Crippen LogP contribution < -0.4 is 5.46 Å². The minimum Gasteiger partial charge on any atom is -0.423 e. The molecular formula is C9H10BClO2. The molecule has 0 aromatic heterocycles. The van der Waals surface area contributed by atoms with E-state index in [1.165, 1.54) is 11.1 Å². The molecule has 0 saturated carbocycles. The molecule has 0 spiro atoms. The molecule has 2 rings (SSSR count). The Balaban J connectivity index is 2.49. The maximum absolute atomic E-state index is 9.01. The Bertz CT molecular complexity index is 339. The maximum atomic E-state index is 9.01. The molecular weight excluding hydrogens is 186 g/mol. The normalized spacial score (nSPS) is 14.4. The van der Waals surface area contributed by atoms with E-state index in [-0.39, 0.29) is 0 Å². The van der Waals surface area contributed by atoms with E-state index in [1.807, 2.05) is 6.07 Å². The number of hydrogen-bond acceptors (Lipinski definition) is 2. The van der Waals surface area contributed by atoms with Gasteiger partial charge in [-0.15, -0.1) is 0 Å². The summed E-state index contributed by atoms with van der Waals surface area (Å²) in [7, 11) is -1.46. The largest absolute Gasteiger partial charge is 0.489 e. The van der Waals surface area contributed by atoms with Crippen molar-refractivity contribution in [2.75, 3.05) is 0 Å². The number of benzene rings is 1. The first-order valence-corrected chi connectivity index (χ1v) is 4.73. The lowest BCUT2D eigenvalue weighted by Crippen LogP contribution is -2.31. The van der Waals surface area contributed by atoms with Gasteiger partial charge < -0.3 is 10.0 Å². The molecule has 2 nitrogen and oxygen atoms in total. The molecule has 0 heterocycles. The van der Waals surface area contributed by atoms with Gasteiger partial charge in [0.1, 0.15) is 0 Å². The van der Waals surface area contributed by atoms with Crippen LogP contribution in [0.25, 0.3) is 0 Å². The third-order valence-corrected chi connectivity index (χ3v) is 2.82. The molecule has 0 fully saturated rings. The molecule has 0 aliphatic heterocycles. The first-order valence-electron chi connectivity index (χ1n) is 4.36. The number of halogens is 1. The van der Waals surface area contributed by atoms with Gasteiger partial charge in [-0.25, -0.2) is 0 Å². The van der Waals surface area contributed by atoms with Gasteiger partial charge in [0.15, 0.2) is 0 Å². The second kappa shape index (κ2) is 3.33. The van der Waals surface area contributed by atoms with E-state index >= 15 is 0 Å². The van der Waals surface area contributed by atoms with Gasteiger partial charge in [0, 0.05) is 10.5 Å². The van der Waals surface area contributed by atoms with Crippen molar-refractivity contribution in [1.29, 1.82) is 0 Å². The highest BCUT2D eigenvalue weighted by Crippen LogP contribution is 2.23. The summed E-state index contributed by atoms with van der Waals surface area (Å²) in [6, 6.07) is 3.65. The third-order valence-electron chi connectivity index (χ3n) is 2.49. The van der Waals surface area contributed by atoms with Gasteiger partial charge in [0.05, 0.1) is 0 Å². The summed E-state index contributed by atoms with van der Waals surface area (Å²) >= 11 is 5.88. The fourth-order valence-electron chi connectivity index (χ4n) is 1.81. The molecule has 0 amide bonds. The Labute approximate surface area is 82.3 Å². The second-order valence-corrected chi connectivity index (χ2v) is 3.78. The van der Waals surface area contributed by atoms with Crippen molar-refractivity contribution >= 4 is 24.2 Å². The first kappa shape index (κ1) is 9.07. The standard InChI is InChI=1S/C9H10BClO2/c11-9-5-7-3-1-2-6(7)4-8(9)10(12)13/h4-5,12-13H,1-3H2. The summed E-state index contributed by atoms with van der Waals surface area (Å²) in [5.74, 6) is 0. The molecule has 1 aromatic carbocycles. The molecule has 1 aliphatic carbocycles. The van der Waals surface area contributed by atoms with Crippen LogP contribution in [-0.4, -0.2) is 17.2 Å². The van der Waals surface area contributed by atoms with Crippen LogP contribution in [-0.2, 0) is 12.8 Å². The highest BCUT2D eigenvalue weighted by atomic mass is 35.5. The lowest BCUT2D eigenvalue weighted by molar-refractivity contribution is 0.426. The Kier molecular flexibility index (Phi) is 2.32. The van der Waals surface area contributed by atoms with E-state index in [0.717, 1.165) is 19.3 Å². The van der Waals surface area contributed by atoms with Crippen LogP contribution >= 0.6 is 11.6 Å². The van der Waals surface area contributed by atoms with Crippen LogP contribution in [0.4, 0.5) is 0 Å². The van der Waals surface area contributed by atoms with Gasteiger partial charge in [0.2, 0.25) is 0 Å². The van der Waals surface area contributed by atoms with E-state index < -0.39 is 7.12 Å². The molecule has 0 bridgehead atoms.